The lowest BCUT2D eigenvalue weighted by molar-refractivity contribution is 0.125. The second-order valence-electron chi connectivity index (χ2n) is 3.95. The second-order valence-corrected chi connectivity index (χ2v) is 3.95. The summed E-state index contributed by atoms with van der Waals surface area (Å²) in [5.74, 6) is 1.58. The fourth-order valence-electron chi connectivity index (χ4n) is 2.06. The van der Waals surface area contributed by atoms with E-state index in [1.807, 2.05) is 41.8 Å². The number of rotatable bonds is 5. The van der Waals surface area contributed by atoms with Crippen molar-refractivity contribution in [2.75, 3.05) is 7.11 Å². The minimum Gasteiger partial charge on any atom is -0.369 e. The maximum Gasteiger partial charge on any atom is 0.166 e. The fraction of sp³-hybridized carbons (Fsp3) is 0.385. The van der Waals surface area contributed by atoms with Crippen LogP contribution in [0.15, 0.2) is 30.3 Å². The van der Waals surface area contributed by atoms with Crippen molar-refractivity contribution in [3.05, 3.63) is 47.5 Å². The van der Waals surface area contributed by atoms with E-state index in [0.29, 0.717) is 6.54 Å². The van der Waals surface area contributed by atoms with Crippen LogP contribution in [0.4, 0.5) is 0 Å². The minimum atomic E-state index is -0.209. The van der Waals surface area contributed by atoms with Crippen LogP contribution in [0, 0.1) is 0 Å². The van der Waals surface area contributed by atoms with Crippen LogP contribution >= 0.6 is 0 Å². The summed E-state index contributed by atoms with van der Waals surface area (Å²) in [6.45, 7) is 3.21. The van der Waals surface area contributed by atoms with Crippen LogP contribution in [0.5, 0.6) is 0 Å². The zero-order valence-electron chi connectivity index (χ0n) is 10.7. The van der Waals surface area contributed by atoms with Crippen LogP contribution in [-0.2, 0) is 17.8 Å². The summed E-state index contributed by atoms with van der Waals surface area (Å²) in [6.07, 6.45) is -0.209. The maximum atomic E-state index is 5.66. The van der Waals surface area contributed by atoms with Gasteiger partial charge in [-0.3, -0.25) is 0 Å². The number of hydrogen-bond donors (Lipinski definition) is 1. The molecule has 2 aromatic rings. The summed E-state index contributed by atoms with van der Waals surface area (Å²) >= 11 is 0. The molecule has 5 nitrogen and oxygen atoms in total. The Morgan fingerprint density at radius 3 is 2.56 bits per heavy atom. The van der Waals surface area contributed by atoms with Crippen molar-refractivity contribution in [3.8, 4) is 0 Å². The summed E-state index contributed by atoms with van der Waals surface area (Å²) in [4.78, 5) is 0. The van der Waals surface area contributed by atoms with Crippen LogP contribution in [0.1, 0.15) is 30.2 Å². The maximum absolute atomic E-state index is 5.66. The van der Waals surface area contributed by atoms with Gasteiger partial charge in [-0.25, -0.2) is 0 Å². The van der Waals surface area contributed by atoms with Gasteiger partial charge in [0.05, 0.1) is 6.54 Å². The van der Waals surface area contributed by atoms with Gasteiger partial charge >= 0.3 is 0 Å². The Hall–Kier alpha value is -1.72. The molecule has 0 aliphatic carbocycles. The smallest absolute Gasteiger partial charge is 0.166 e. The van der Waals surface area contributed by atoms with Crippen molar-refractivity contribution in [3.63, 3.8) is 0 Å². The van der Waals surface area contributed by atoms with E-state index in [4.69, 9.17) is 10.5 Å². The Bertz CT molecular complexity index is 495. The Morgan fingerprint density at radius 2 is 2.00 bits per heavy atom. The van der Waals surface area contributed by atoms with Gasteiger partial charge in [-0.15, -0.1) is 10.2 Å². The van der Waals surface area contributed by atoms with Crippen LogP contribution in [0.25, 0.3) is 0 Å². The van der Waals surface area contributed by atoms with Gasteiger partial charge in [0.15, 0.2) is 5.82 Å². The summed E-state index contributed by atoms with van der Waals surface area (Å²) in [7, 11) is 1.68. The van der Waals surface area contributed by atoms with Gasteiger partial charge in [-0.05, 0) is 12.5 Å². The molecule has 1 heterocycles. The molecule has 0 fully saturated rings. The summed E-state index contributed by atoms with van der Waals surface area (Å²) in [6, 6.07) is 9.98. The number of nitrogens with zero attached hydrogens (tertiary/aromatic N) is 3. The highest BCUT2D eigenvalue weighted by molar-refractivity contribution is 5.23. The molecule has 0 aliphatic rings. The molecule has 96 valence electrons. The van der Waals surface area contributed by atoms with Crippen LogP contribution in [0.2, 0.25) is 0 Å². The van der Waals surface area contributed by atoms with Gasteiger partial charge in [0.2, 0.25) is 0 Å². The molecule has 0 spiro atoms. The Morgan fingerprint density at radius 1 is 1.28 bits per heavy atom. The number of aromatic nitrogens is 3. The molecular formula is C13H18N4O. The number of benzene rings is 1. The van der Waals surface area contributed by atoms with Crippen molar-refractivity contribution < 1.29 is 4.74 Å². The first-order chi connectivity index (χ1) is 8.81. The summed E-state index contributed by atoms with van der Waals surface area (Å²) in [5, 5.41) is 8.32. The molecule has 1 aromatic carbocycles. The molecule has 1 atom stereocenters. The van der Waals surface area contributed by atoms with Crippen LogP contribution in [0.3, 0.4) is 0 Å². The van der Waals surface area contributed by atoms with Gasteiger partial charge in [0.25, 0.3) is 0 Å². The average molecular weight is 246 g/mol. The topological polar surface area (TPSA) is 66.0 Å². The van der Waals surface area contributed by atoms with Gasteiger partial charge < -0.3 is 15.0 Å². The van der Waals surface area contributed by atoms with E-state index in [9.17, 15) is 0 Å². The highest BCUT2D eigenvalue weighted by Gasteiger charge is 2.21. The lowest BCUT2D eigenvalue weighted by atomic mass is 10.1. The predicted molar refractivity (Wildman–Crippen MR) is 68.9 cm³/mol. The number of hydrogen-bond acceptors (Lipinski definition) is 4. The molecule has 2 N–H and O–H groups in total. The molecule has 18 heavy (non-hydrogen) atoms. The third-order valence-corrected chi connectivity index (χ3v) is 2.93. The number of ether oxygens (including phenoxy) is 1. The minimum absolute atomic E-state index is 0.209. The van der Waals surface area contributed by atoms with Crippen molar-refractivity contribution >= 4 is 0 Å². The molecule has 1 aromatic heterocycles. The third kappa shape index (κ3) is 2.27. The zero-order chi connectivity index (χ0) is 13.0. The normalized spacial score (nSPS) is 12.6. The molecule has 2 rings (SSSR count). The molecule has 0 amide bonds. The van der Waals surface area contributed by atoms with Gasteiger partial charge in [0, 0.05) is 13.7 Å². The van der Waals surface area contributed by atoms with Gasteiger partial charge in [-0.2, -0.15) is 0 Å². The molecule has 0 bridgehead atoms. The Kier molecular flexibility index (Phi) is 4.07. The van der Waals surface area contributed by atoms with Crippen LogP contribution in [-0.4, -0.2) is 21.9 Å². The van der Waals surface area contributed by atoms with Crippen molar-refractivity contribution in [1.29, 1.82) is 0 Å². The highest BCUT2D eigenvalue weighted by atomic mass is 16.5. The Labute approximate surface area is 107 Å². The molecule has 0 radical (unpaired) electrons. The lowest BCUT2D eigenvalue weighted by Gasteiger charge is -2.16. The number of methoxy groups -OCH3 is 1. The van der Waals surface area contributed by atoms with E-state index in [1.54, 1.807) is 7.11 Å². The monoisotopic (exact) mass is 246 g/mol. The molecule has 5 heteroatoms. The van der Waals surface area contributed by atoms with E-state index in [1.165, 1.54) is 0 Å². The predicted octanol–water partition coefficient (Wildman–Crippen LogP) is 1.49. The summed E-state index contributed by atoms with van der Waals surface area (Å²) in [5.41, 5.74) is 6.72. The molecule has 0 saturated carbocycles. The molecular weight excluding hydrogens is 228 g/mol. The van der Waals surface area contributed by atoms with Gasteiger partial charge in [-0.1, -0.05) is 30.3 Å². The first-order valence-corrected chi connectivity index (χ1v) is 6.01. The first kappa shape index (κ1) is 12.7. The van der Waals surface area contributed by atoms with E-state index in [-0.39, 0.29) is 6.10 Å². The SMILES string of the molecule is CCn1c(CN)nnc1C(OC)c1ccccc1. The third-order valence-electron chi connectivity index (χ3n) is 2.93. The van der Waals surface area contributed by atoms with E-state index < -0.39 is 0 Å². The van der Waals surface area contributed by atoms with Crippen molar-refractivity contribution in [1.82, 2.24) is 14.8 Å². The van der Waals surface area contributed by atoms with E-state index >= 15 is 0 Å². The van der Waals surface area contributed by atoms with Crippen LogP contribution < -0.4 is 5.73 Å². The number of nitrogens with two attached hydrogens (primary N) is 1. The quantitative estimate of drug-likeness (QED) is 0.868. The molecule has 0 saturated heterocycles. The van der Waals surface area contributed by atoms with E-state index in [2.05, 4.69) is 10.2 Å². The highest BCUT2D eigenvalue weighted by Crippen LogP contribution is 2.24. The molecule has 1 unspecified atom stereocenters. The Balaban J connectivity index is 2.42. The van der Waals surface area contributed by atoms with Gasteiger partial charge in [0.1, 0.15) is 11.9 Å². The standard InChI is InChI=1S/C13H18N4O/c1-3-17-11(9-14)15-16-13(17)12(18-2)10-7-5-4-6-8-10/h4-8,12H,3,9,14H2,1-2H3. The van der Waals surface area contributed by atoms with Crippen molar-refractivity contribution in [2.45, 2.75) is 26.1 Å². The fourth-order valence-corrected chi connectivity index (χ4v) is 2.06. The second kappa shape index (κ2) is 5.75. The average Bonchev–Trinajstić information content (AvgIpc) is 2.83. The summed E-state index contributed by atoms with van der Waals surface area (Å²) < 4.78 is 7.56. The first-order valence-electron chi connectivity index (χ1n) is 6.01. The molecule has 0 aliphatic heterocycles. The van der Waals surface area contributed by atoms with Crippen molar-refractivity contribution in [2.24, 2.45) is 5.73 Å². The zero-order valence-corrected chi connectivity index (χ0v) is 10.7. The lowest BCUT2D eigenvalue weighted by Crippen LogP contribution is -2.14. The van der Waals surface area contributed by atoms with E-state index in [0.717, 1.165) is 23.8 Å². The largest absolute Gasteiger partial charge is 0.369 e.